The Morgan fingerprint density at radius 3 is 2.63 bits per heavy atom. The highest BCUT2D eigenvalue weighted by Crippen LogP contribution is 2.24. The molecule has 0 aliphatic heterocycles. The summed E-state index contributed by atoms with van der Waals surface area (Å²) < 4.78 is 5.55. The highest BCUT2D eigenvalue weighted by atomic mass is 16.3. The summed E-state index contributed by atoms with van der Waals surface area (Å²) in [4.78, 5) is 8.62. The molecule has 0 bridgehead atoms. The van der Waals surface area contributed by atoms with Crippen molar-refractivity contribution in [2.45, 2.75) is 33.7 Å². The molecular weight excluding hydrogens is 240 g/mol. The molecule has 0 fully saturated rings. The van der Waals surface area contributed by atoms with E-state index in [9.17, 15) is 0 Å². The summed E-state index contributed by atoms with van der Waals surface area (Å²) in [5.41, 5.74) is 1.15. The van der Waals surface area contributed by atoms with Crippen LogP contribution in [0, 0.1) is 13.8 Å². The topological polar surface area (TPSA) is 63.0 Å². The molecule has 2 N–H and O–H groups in total. The summed E-state index contributed by atoms with van der Waals surface area (Å²) in [5, 5.41) is 6.48. The molecule has 1 unspecified atom stereocenters. The van der Waals surface area contributed by atoms with E-state index in [2.05, 4.69) is 33.6 Å². The fourth-order valence-corrected chi connectivity index (χ4v) is 2.08. The van der Waals surface area contributed by atoms with Gasteiger partial charge in [-0.25, -0.2) is 4.98 Å². The number of nitrogens with one attached hydrogen (secondary N) is 2. The minimum atomic E-state index is 0.128. The SMILES string of the molecule is CCNc1cncc(NC(C)c2cc(C)oc2C)n1. The summed E-state index contributed by atoms with van der Waals surface area (Å²) in [6.45, 7) is 8.87. The number of anilines is 2. The molecule has 2 rings (SSSR count). The van der Waals surface area contributed by atoms with E-state index < -0.39 is 0 Å². The van der Waals surface area contributed by atoms with Gasteiger partial charge in [0.1, 0.15) is 23.2 Å². The smallest absolute Gasteiger partial charge is 0.147 e. The molecule has 2 aromatic heterocycles. The van der Waals surface area contributed by atoms with Gasteiger partial charge in [-0.15, -0.1) is 0 Å². The summed E-state index contributed by atoms with van der Waals surface area (Å²) in [6.07, 6.45) is 3.44. The van der Waals surface area contributed by atoms with Crippen LogP contribution in [0.25, 0.3) is 0 Å². The van der Waals surface area contributed by atoms with Gasteiger partial charge < -0.3 is 15.1 Å². The van der Waals surface area contributed by atoms with Crippen molar-refractivity contribution in [2.75, 3.05) is 17.2 Å². The zero-order valence-corrected chi connectivity index (χ0v) is 11.8. The van der Waals surface area contributed by atoms with Crippen LogP contribution in [0.4, 0.5) is 11.6 Å². The molecule has 2 aromatic rings. The van der Waals surface area contributed by atoms with Gasteiger partial charge in [-0.3, -0.25) is 4.98 Å². The molecule has 0 aliphatic rings. The normalized spacial score (nSPS) is 12.2. The largest absolute Gasteiger partial charge is 0.466 e. The van der Waals surface area contributed by atoms with Crippen LogP contribution >= 0.6 is 0 Å². The molecule has 0 saturated heterocycles. The fraction of sp³-hybridized carbons (Fsp3) is 0.429. The van der Waals surface area contributed by atoms with Gasteiger partial charge in [-0.05, 0) is 33.8 Å². The monoisotopic (exact) mass is 260 g/mol. The molecule has 0 amide bonds. The number of aryl methyl sites for hydroxylation is 2. The Hall–Kier alpha value is -2.04. The van der Waals surface area contributed by atoms with E-state index in [1.54, 1.807) is 12.4 Å². The predicted octanol–water partition coefficient (Wildman–Crippen LogP) is 3.29. The van der Waals surface area contributed by atoms with Crippen LogP contribution in [0.3, 0.4) is 0 Å². The van der Waals surface area contributed by atoms with E-state index >= 15 is 0 Å². The number of aromatic nitrogens is 2. The lowest BCUT2D eigenvalue weighted by Gasteiger charge is -2.14. The lowest BCUT2D eigenvalue weighted by atomic mass is 10.1. The maximum atomic E-state index is 5.55. The van der Waals surface area contributed by atoms with E-state index in [0.717, 1.165) is 35.3 Å². The van der Waals surface area contributed by atoms with Crippen molar-refractivity contribution in [3.63, 3.8) is 0 Å². The molecule has 19 heavy (non-hydrogen) atoms. The van der Waals surface area contributed by atoms with Gasteiger partial charge in [0.05, 0.1) is 18.4 Å². The number of hydrogen-bond acceptors (Lipinski definition) is 5. The van der Waals surface area contributed by atoms with Crippen LogP contribution in [-0.2, 0) is 0 Å². The average molecular weight is 260 g/mol. The van der Waals surface area contributed by atoms with Gasteiger partial charge in [0.15, 0.2) is 0 Å². The molecular formula is C14H20N4O. The van der Waals surface area contributed by atoms with E-state index in [-0.39, 0.29) is 6.04 Å². The Morgan fingerprint density at radius 1 is 1.26 bits per heavy atom. The summed E-state index contributed by atoms with van der Waals surface area (Å²) in [6, 6.07) is 2.18. The predicted molar refractivity (Wildman–Crippen MR) is 76.4 cm³/mol. The molecule has 0 saturated carbocycles. The first kappa shape index (κ1) is 13.4. The molecule has 0 aromatic carbocycles. The molecule has 1 atom stereocenters. The molecule has 0 radical (unpaired) electrons. The van der Waals surface area contributed by atoms with E-state index in [0.29, 0.717) is 0 Å². The number of rotatable bonds is 5. The van der Waals surface area contributed by atoms with Crippen LogP contribution in [0.5, 0.6) is 0 Å². The summed E-state index contributed by atoms with van der Waals surface area (Å²) >= 11 is 0. The standard InChI is InChI=1S/C14H20N4O/c1-5-16-13-7-15-8-14(18-13)17-10(3)12-6-9(2)19-11(12)4/h6-8,10H,5H2,1-4H3,(H2,16,17,18). The second-order valence-electron chi connectivity index (χ2n) is 4.55. The minimum absolute atomic E-state index is 0.128. The second kappa shape index (κ2) is 5.73. The highest BCUT2D eigenvalue weighted by Gasteiger charge is 2.13. The van der Waals surface area contributed by atoms with Crippen molar-refractivity contribution in [3.05, 3.63) is 35.5 Å². The van der Waals surface area contributed by atoms with Crippen molar-refractivity contribution in [1.29, 1.82) is 0 Å². The van der Waals surface area contributed by atoms with E-state index in [4.69, 9.17) is 4.42 Å². The first-order valence-corrected chi connectivity index (χ1v) is 6.49. The maximum Gasteiger partial charge on any atom is 0.147 e. The van der Waals surface area contributed by atoms with Gasteiger partial charge in [0, 0.05) is 12.1 Å². The highest BCUT2D eigenvalue weighted by molar-refractivity contribution is 5.43. The Kier molecular flexibility index (Phi) is 4.04. The van der Waals surface area contributed by atoms with Gasteiger partial charge in [-0.2, -0.15) is 0 Å². The van der Waals surface area contributed by atoms with Crippen LogP contribution in [-0.4, -0.2) is 16.5 Å². The van der Waals surface area contributed by atoms with Crippen LogP contribution in [0.2, 0.25) is 0 Å². The lowest BCUT2D eigenvalue weighted by molar-refractivity contribution is 0.500. The quantitative estimate of drug-likeness (QED) is 0.863. The zero-order chi connectivity index (χ0) is 13.8. The summed E-state index contributed by atoms with van der Waals surface area (Å²) in [7, 11) is 0. The Bertz CT molecular complexity index is 550. The van der Waals surface area contributed by atoms with Gasteiger partial charge >= 0.3 is 0 Å². The first-order chi connectivity index (χ1) is 9.10. The molecule has 5 heteroatoms. The van der Waals surface area contributed by atoms with Crippen molar-refractivity contribution < 1.29 is 4.42 Å². The summed E-state index contributed by atoms with van der Waals surface area (Å²) in [5.74, 6) is 3.39. The number of furan rings is 1. The molecule has 102 valence electrons. The Balaban J connectivity index is 2.12. The number of hydrogen-bond donors (Lipinski definition) is 2. The van der Waals surface area contributed by atoms with Gasteiger partial charge in [-0.1, -0.05) is 0 Å². The van der Waals surface area contributed by atoms with Crippen LogP contribution in [0.15, 0.2) is 22.9 Å². The minimum Gasteiger partial charge on any atom is -0.466 e. The second-order valence-corrected chi connectivity index (χ2v) is 4.55. The van der Waals surface area contributed by atoms with Gasteiger partial charge in [0.25, 0.3) is 0 Å². The van der Waals surface area contributed by atoms with Crippen LogP contribution < -0.4 is 10.6 Å². The lowest BCUT2D eigenvalue weighted by Crippen LogP contribution is -2.10. The third-order valence-corrected chi connectivity index (χ3v) is 2.90. The third kappa shape index (κ3) is 3.24. The van der Waals surface area contributed by atoms with Crippen LogP contribution in [0.1, 0.15) is 37.0 Å². The first-order valence-electron chi connectivity index (χ1n) is 6.49. The third-order valence-electron chi connectivity index (χ3n) is 2.90. The molecule has 0 aliphatic carbocycles. The molecule has 0 spiro atoms. The van der Waals surface area contributed by atoms with E-state index in [1.165, 1.54) is 0 Å². The van der Waals surface area contributed by atoms with Gasteiger partial charge in [0.2, 0.25) is 0 Å². The molecule has 5 nitrogen and oxygen atoms in total. The van der Waals surface area contributed by atoms with Crippen molar-refractivity contribution in [2.24, 2.45) is 0 Å². The van der Waals surface area contributed by atoms with E-state index in [1.807, 2.05) is 20.8 Å². The maximum absolute atomic E-state index is 5.55. The van der Waals surface area contributed by atoms with Crippen molar-refractivity contribution >= 4 is 11.6 Å². The molecule has 2 heterocycles. The Labute approximate surface area is 113 Å². The number of nitrogens with zero attached hydrogens (tertiary/aromatic N) is 2. The van der Waals surface area contributed by atoms with Crippen molar-refractivity contribution in [3.8, 4) is 0 Å². The zero-order valence-electron chi connectivity index (χ0n) is 11.8. The average Bonchev–Trinajstić information content (AvgIpc) is 2.69. The Morgan fingerprint density at radius 2 is 2.00 bits per heavy atom. The van der Waals surface area contributed by atoms with Crippen molar-refractivity contribution in [1.82, 2.24) is 9.97 Å². The fourth-order valence-electron chi connectivity index (χ4n) is 2.08.